The summed E-state index contributed by atoms with van der Waals surface area (Å²) in [6.45, 7) is 3.93. The first kappa shape index (κ1) is 11.2. The average molecular weight is 253 g/mol. The van der Waals surface area contributed by atoms with E-state index in [0.29, 0.717) is 5.56 Å². The Kier molecular flexibility index (Phi) is 4.42. The van der Waals surface area contributed by atoms with E-state index in [0.717, 1.165) is 9.27 Å². The summed E-state index contributed by atoms with van der Waals surface area (Å²) < 4.78 is 14.5. The van der Waals surface area contributed by atoms with Crippen LogP contribution in [0.2, 0.25) is 0 Å². The van der Waals surface area contributed by atoms with Gasteiger partial charge < -0.3 is 0 Å². The van der Waals surface area contributed by atoms with Crippen LogP contribution in [0.15, 0.2) is 23.8 Å². The van der Waals surface area contributed by atoms with Gasteiger partial charge >= 0.3 is 18.2 Å². The molecule has 0 saturated carbocycles. The van der Waals surface area contributed by atoms with Crippen LogP contribution in [-0.2, 0) is 0 Å². The Labute approximate surface area is 93.8 Å². The van der Waals surface area contributed by atoms with Gasteiger partial charge in [-0.25, -0.2) is 4.39 Å². The molecule has 0 amide bonds. The van der Waals surface area contributed by atoms with Crippen molar-refractivity contribution in [1.29, 1.82) is 0 Å². The van der Waals surface area contributed by atoms with Gasteiger partial charge in [0.1, 0.15) is 5.82 Å². The van der Waals surface area contributed by atoms with Crippen molar-refractivity contribution in [2.24, 2.45) is 0 Å². The molecule has 0 aliphatic heterocycles. The SMILES string of the molecule is CC(C)=Cc1cc[c]([Mg][Br])cc1F. The number of halogens is 2. The molecule has 0 unspecified atom stereocenters. The number of hydrogen-bond donors (Lipinski definition) is 0. The summed E-state index contributed by atoms with van der Waals surface area (Å²) >= 11 is 3.00. The summed E-state index contributed by atoms with van der Waals surface area (Å²) in [5, 5.41) is 0. The monoisotopic (exact) mass is 252 g/mol. The molecule has 0 spiro atoms. The minimum Gasteiger partial charge on any atom is -0.296 e. The predicted molar refractivity (Wildman–Crippen MR) is 60.0 cm³/mol. The van der Waals surface area contributed by atoms with Crippen LogP contribution in [0.25, 0.3) is 6.08 Å². The molecule has 1 aromatic carbocycles. The highest BCUT2D eigenvalue weighted by Crippen LogP contribution is 2.09. The Morgan fingerprint density at radius 2 is 2.15 bits per heavy atom. The van der Waals surface area contributed by atoms with Crippen LogP contribution < -0.4 is 3.69 Å². The molecule has 0 aliphatic carbocycles. The maximum absolute atomic E-state index is 13.4. The largest absolute Gasteiger partial charge is 0.506 e. The molecule has 0 radical (unpaired) electrons. The summed E-state index contributed by atoms with van der Waals surface area (Å²) in [6.07, 6.45) is 1.86. The van der Waals surface area contributed by atoms with Crippen LogP contribution in [0.4, 0.5) is 4.39 Å². The fourth-order valence-electron chi connectivity index (χ4n) is 1.08. The lowest BCUT2D eigenvalue weighted by atomic mass is 10.1. The second kappa shape index (κ2) is 5.13. The third-order valence-electron chi connectivity index (χ3n) is 1.66. The summed E-state index contributed by atoms with van der Waals surface area (Å²) in [4.78, 5) is 0. The third kappa shape index (κ3) is 3.41. The average Bonchev–Trinajstić information content (AvgIpc) is 2.08. The lowest BCUT2D eigenvalue weighted by Gasteiger charge is -2.00. The van der Waals surface area contributed by atoms with Crippen molar-refractivity contribution in [2.45, 2.75) is 13.8 Å². The Bertz CT molecular complexity index is 330. The van der Waals surface area contributed by atoms with Crippen molar-refractivity contribution in [2.75, 3.05) is 0 Å². The van der Waals surface area contributed by atoms with Gasteiger partial charge in [0.25, 0.3) is 0 Å². The molecule has 0 nitrogen and oxygen atoms in total. The molecule has 0 N–H and O–H groups in total. The Morgan fingerprint density at radius 3 is 2.62 bits per heavy atom. The van der Waals surface area contributed by atoms with Crippen LogP contribution in [0.1, 0.15) is 19.4 Å². The second-order valence-corrected chi connectivity index (χ2v) is 5.98. The van der Waals surface area contributed by atoms with E-state index in [-0.39, 0.29) is 5.82 Å². The highest BCUT2D eigenvalue weighted by molar-refractivity contribution is 9.23. The molecule has 1 aromatic rings. The highest BCUT2D eigenvalue weighted by atomic mass is 79.9. The van der Waals surface area contributed by atoms with Crippen molar-refractivity contribution in [3.8, 4) is 0 Å². The van der Waals surface area contributed by atoms with Crippen molar-refractivity contribution in [3.05, 3.63) is 35.2 Å². The predicted octanol–water partition coefficient (Wildman–Crippen LogP) is 2.89. The van der Waals surface area contributed by atoms with Gasteiger partial charge in [0, 0.05) is 5.56 Å². The second-order valence-electron chi connectivity index (χ2n) is 3.21. The fourth-order valence-corrected chi connectivity index (χ4v) is 2.59. The van der Waals surface area contributed by atoms with Crippen molar-refractivity contribution < 1.29 is 4.39 Å². The molecular formula is C10H10BrFMg. The number of rotatable bonds is 2. The van der Waals surface area contributed by atoms with Crippen molar-refractivity contribution in [1.82, 2.24) is 0 Å². The Morgan fingerprint density at radius 1 is 1.46 bits per heavy atom. The van der Waals surface area contributed by atoms with Gasteiger partial charge in [-0.1, -0.05) is 23.8 Å². The zero-order valence-electron chi connectivity index (χ0n) is 7.77. The minimum atomic E-state index is -0.421. The van der Waals surface area contributed by atoms with Gasteiger partial charge in [0.2, 0.25) is 0 Å². The van der Waals surface area contributed by atoms with Gasteiger partial charge in [-0.3, -0.25) is 12.9 Å². The van der Waals surface area contributed by atoms with Gasteiger partial charge in [-0.05, 0) is 19.9 Å². The molecule has 0 bridgehead atoms. The summed E-state index contributed by atoms with van der Waals surface area (Å²) in [5.74, 6) is -0.120. The lowest BCUT2D eigenvalue weighted by Crippen LogP contribution is -2.08. The number of benzene rings is 1. The highest BCUT2D eigenvalue weighted by Gasteiger charge is 2.01. The first-order valence-corrected chi connectivity index (χ1v) is 8.73. The number of hydrogen-bond acceptors (Lipinski definition) is 0. The zero-order valence-corrected chi connectivity index (χ0v) is 10.8. The minimum absolute atomic E-state index is 0.120. The molecule has 1 rings (SSSR count). The van der Waals surface area contributed by atoms with Crippen LogP contribution in [0.5, 0.6) is 0 Å². The summed E-state index contributed by atoms with van der Waals surface area (Å²) in [6, 6.07) is 5.44. The van der Waals surface area contributed by atoms with E-state index in [1.807, 2.05) is 32.1 Å². The number of allylic oxidation sites excluding steroid dienone is 1. The van der Waals surface area contributed by atoms with Gasteiger partial charge in [0.15, 0.2) is 0 Å². The molecule has 66 valence electrons. The van der Waals surface area contributed by atoms with Gasteiger partial charge in [-0.15, -0.1) is 3.69 Å². The first-order valence-electron chi connectivity index (χ1n) is 4.13. The molecule has 0 aromatic heterocycles. The Hall–Kier alpha value is 0.136. The molecule has 0 aliphatic rings. The molecule has 0 heterocycles. The molecule has 13 heavy (non-hydrogen) atoms. The molecule has 0 atom stereocenters. The lowest BCUT2D eigenvalue weighted by molar-refractivity contribution is 0.626. The zero-order chi connectivity index (χ0) is 9.84. The van der Waals surface area contributed by atoms with Crippen LogP contribution in [-0.4, -0.2) is 18.2 Å². The van der Waals surface area contributed by atoms with Crippen LogP contribution in [0, 0.1) is 5.82 Å². The first-order chi connectivity index (χ1) is 6.13. The van der Waals surface area contributed by atoms with Crippen LogP contribution in [0.3, 0.4) is 0 Å². The van der Waals surface area contributed by atoms with E-state index in [1.54, 1.807) is 6.07 Å². The van der Waals surface area contributed by atoms with E-state index >= 15 is 0 Å². The molecular weight excluding hydrogens is 243 g/mol. The molecule has 0 fully saturated rings. The summed E-state index contributed by atoms with van der Waals surface area (Å²) in [7, 11) is 0. The van der Waals surface area contributed by atoms with E-state index in [2.05, 4.69) is 12.9 Å². The van der Waals surface area contributed by atoms with E-state index in [9.17, 15) is 4.39 Å². The van der Waals surface area contributed by atoms with Crippen molar-refractivity contribution >= 4 is 40.8 Å². The molecule has 0 saturated heterocycles. The fraction of sp³-hybridized carbons (Fsp3) is 0.200. The van der Waals surface area contributed by atoms with Gasteiger partial charge in [0.05, 0.1) is 0 Å². The van der Waals surface area contributed by atoms with E-state index < -0.39 is 18.2 Å². The van der Waals surface area contributed by atoms with E-state index in [4.69, 9.17) is 0 Å². The van der Waals surface area contributed by atoms with Gasteiger partial charge in [-0.2, -0.15) is 0 Å². The van der Waals surface area contributed by atoms with Crippen LogP contribution >= 0.6 is 12.9 Å². The standard InChI is InChI=1S/C10H10F.BrH.Mg/c1-8(2)7-9-5-3-4-6-10(9)11;;/h3,5-7H,1-2H3;1H;/q;;+1/p-1. The third-order valence-corrected chi connectivity index (χ3v) is 4.35. The van der Waals surface area contributed by atoms with Crippen molar-refractivity contribution in [3.63, 3.8) is 0 Å². The Balaban J connectivity index is 3.05. The topological polar surface area (TPSA) is 0 Å². The smallest absolute Gasteiger partial charge is 0.296 e. The maximum atomic E-state index is 13.4. The molecule has 3 heteroatoms. The summed E-state index contributed by atoms with van der Waals surface area (Å²) in [5.41, 5.74) is 1.79. The quantitative estimate of drug-likeness (QED) is 0.711. The normalized spacial score (nSPS) is 9.23. The van der Waals surface area contributed by atoms with E-state index in [1.165, 1.54) is 0 Å². The maximum Gasteiger partial charge on any atom is 0.506 e.